The Bertz CT molecular complexity index is 1080. The zero-order valence-corrected chi connectivity index (χ0v) is 23.2. The first-order valence-corrected chi connectivity index (χ1v) is 15.1. The van der Waals surface area contributed by atoms with Crippen molar-refractivity contribution in [2.24, 2.45) is 0 Å². The summed E-state index contributed by atoms with van der Waals surface area (Å²) in [5, 5.41) is -0.0182. The molecule has 0 spiro atoms. The number of H-pyrrole nitrogens is 1. The summed E-state index contributed by atoms with van der Waals surface area (Å²) in [5.41, 5.74) is -1.02. The van der Waals surface area contributed by atoms with Crippen LogP contribution in [0.15, 0.2) is 52.2 Å². The number of aromatic amines is 1. The van der Waals surface area contributed by atoms with Crippen LogP contribution in [0, 0.1) is 0 Å². The predicted molar refractivity (Wildman–Crippen MR) is 141 cm³/mol. The molecule has 4 atom stereocenters. The third-order valence-corrected chi connectivity index (χ3v) is 12.0. The van der Waals surface area contributed by atoms with E-state index < -0.39 is 38.0 Å². The van der Waals surface area contributed by atoms with Gasteiger partial charge in [0.2, 0.25) is 0 Å². The number of ether oxygens (including phenoxy) is 3. The molecule has 33 heavy (non-hydrogen) atoms. The Kier molecular flexibility index (Phi) is 8.20. The van der Waals surface area contributed by atoms with Gasteiger partial charge in [-0.15, -0.1) is 0 Å². The molecule has 1 aliphatic rings. The largest absolute Gasteiger partial charge is 0.449 e. The monoisotopic (exact) mass is 604 g/mol. The Labute approximate surface area is 212 Å². The summed E-state index contributed by atoms with van der Waals surface area (Å²) in [6.07, 6.45) is -0.283. The Morgan fingerprint density at radius 1 is 1.21 bits per heavy atom. The lowest BCUT2D eigenvalue weighted by atomic mass is 10.2. The highest BCUT2D eigenvalue weighted by atomic mass is 127. The predicted octanol–water partition coefficient (Wildman–Crippen LogP) is 4.01. The van der Waals surface area contributed by atoms with Crippen molar-refractivity contribution < 1.29 is 18.6 Å². The van der Waals surface area contributed by atoms with Crippen LogP contribution >= 0.6 is 34.8 Å². The topological polar surface area (TPSA) is 91.8 Å². The van der Waals surface area contributed by atoms with Gasteiger partial charge in [0.15, 0.2) is 14.5 Å². The molecule has 1 aromatic carbocycles. The summed E-state index contributed by atoms with van der Waals surface area (Å²) in [6.45, 7) is 11.1. The van der Waals surface area contributed by atoms with E-state index in [-0.39, 0.29) is 20.8 Å². The smallest absolute Gasteiger partial charge is 0.358 e. The SMILES string of the molecule is CC(C)(C)[Si](C)(C)OC[C@H]1O[C@@H](n2ccc(=O)[nH]c2=O)[C@H](I)[C@@H]1OC(=S)Oc1ccccc1. The molecule has 1 fully saturated rings. The van der Waals surface area contributed by atoms with E-state index in [0.29, 0.717) is 5.75 Å². The molecule has 0 saturated carbocycles. The minimum atomic E-state index is -2.06. The zero-order valence-electron chi connectivity index (χ0n) is 19.2. The summed E-state index contributed by atoms with van der Waals surface area (Å²) < 4.78 is 25.4. The van der Waals surface area contributed by atoms with E-state index in [1.165, 1.54) is 16.8 Å². The van der Waals surface area contributed by atoms with E-state index in [9.17, 15) is 9.59 Å². The van der Waals surface area contributed by atoms with Crippen LogP contribution in [0.25, 0.3) is 0 Å². The van der Waals surface area contributed by atoms with E-state index in [1.54, 1.807) is 12.1 Å². The van der Waals surface area contributed by atoms with Crippen molar-refractivity contribution in [2.45, 2.75) is 61.3 Å². The molecule has 0 amide bonds. The van der Waals surface area contributed by atoms with Gasteiger partial charge < -0.3 is 18.6 Å². The van der Waals surface area contributed by atoms with Crippen LogP contribution in [0.5, 0.6) is 5.75 Å². The van der Waals surface area contributed by atoms with Crippen LogP contribution in [0.2, 0.25) is 18.1 Å². The molecule has 0 radical (unpaired) electrons. The standard InChI is InChI=1S/C22H29IN2O6SSi/c1-22(2,3)33(4,5)28-13-15-18(31-21(32)29-14-9-7-6-8-10-14)17(23)19(30-15)25-12-11-16(26)24-20(25)27/h6-12,15,17-19H,13H2,1-5H3,(H,24,26,27)/t15-,17-,18-,19-/m1/s1. The number of para-hydroxylation sites is 1. The van der Waals surface area contributed by atoms with Crippen LogP contribution in [-0.4, -0.2) is 45.8 Å². The average molecular weight is 605 g/mol. The van der Waals surface area contributed by atoms with E-state index in [1.807, 2.05) is 18.2 Å². The van der Waals surface area contributed by atoms with E-state index in [2.05, 4.69) is 61.4 Å². The Morgan fingerprint density at radius 2 is 1.88 bits per heavy atom. The van der Waals surface area contributed by atoms with Gasteiger partial charge in [0.1, 0.15) is 18.0 Å². The number of hydrogen-bond donors (Lipinski definition) is 1. The quantitative estimate of drug-likeness (QED) is 0.231. The fourth-order valence-corrected chi connectivity index (χ4v) is 5.39. The van der Waals surface area contributed by atoms with E-state index in [0.717, 1.165) is 0 Å². The number of alkyl halides is 1. The maximum atomic E-state index is 12.4. The van der Waals surface area contributed by atoms with Gasteiger partial charge in [-0.25, -0.2) is 4.79 Å². The number of aromatic nitrogens is 2. The first-order chi connectivity index (χ1) is 15.4. The number of hydrogen-bond acceptors (Lipinski definition) is 7. The number of nitrogens with zero attached hydrogens (tertiary/aromatic N) is 1. The lowest BCUT2D eigenvalue weighted by Crippen LogP contribution is -2.45. The van der Waals surface area contributed by atoms with Crippen molar-refractivity contribution in [1.82, 2.24) is 9.55 Å². The molecule has 0 aliphatic carbocycles. The lowest BCUT2D eigenvalue weighted by Gasteiger charge is -2.37. The number of benzene rings is 1. The van der Waals surface area contributed by atoms with Crippen molar-refractivity contribution in [3.63, 3.8) is 0 Å². The van der Waals surface area contributed by atoms with Crippen LogP contribution in [-0.2, 0) is 13.9 Å². The average Bonchev–Trinajstić information content (AvgIpc) is 3.02. The third kappa shape index (κ3) is 6.32. The highest BCUT2D eigenvalue weighted by Crippen LogP contribution is 2.40. The van der Waals surface area contributed by atoms with Crippen molar-refractivity contribution in [3.8, 4) is 5.75 Å². The second-order valence-corrected chi connectivity index (χ2v) is 15.9. The fourth-order valence-electron chi connectivity index (χ4n) is 3.05. The molecule has 1 aliphatic heterocycles. The number of halogens is 1. The number of rotatable bonds is 6. The second kappa shape index (κ2) is 10.4. The lowest BCUT2D eigenvalue weighted by molar-refractivity contribution is -0.0425. The van der Waals surface area contributed by atoms with E-state index in [4.69, 9.17) is 30.9 Å². The molecular formula is C22H29IN2O6SSi. The molecule has 1 aromatic heterocycles. The van der Waals surface area contributed by atoms with E-state index >= 15 is 0 Å². The maximum absolute atomic E-state index is 12.4. The van der Waals surface area contributed by atoms with Gasteiger partial charge in [0.05, 0.1) is 10.5 Å². The van der Waals surface area contributed by atoms with Gasteiger partial charge in [-0.1, -0.05) is 61.6 Å². The molecule has 180 valence electrons. The second-order valence-electron chi connectivity index (χ2n) is 9.35. The highest BCUT2D eigenvalue weighted by molar-refractivity contribution is 14.1. The Balaban J connectivity index is 1.82. The Morgan fingerprint density at radius 3 is 2.48 bits per heavy atom. The van der Waals surface area contributed by atoms with Crippen molar-refractivity contribution >= 4 is 48.4 Å². The summed E-state index contributed by atoms with van der Waals surface area (Å²) in [7, 11) is -2.06. The normalized spacial score (nSPS) is 23.3. The van der Waals surface area contributed by atoms with Crippen molar-refractivity contribution in [2.75, 3.05) is 6.61 Å². The first-order valence-electron chi connectivity index (χ1n) is 10.6. The number of nitrogens with one attached hydrogen (secondary N) is 1. The first kappa shape index (κ1) is 26.1. The molecule has 2 aromatic rings. The van der Waals surface area contributed by atoms with Gasteiger partial charge in [-0.3, -0.25) is 14.3 Å². The highest BCUT2D eigenvalue weighted by Gasteiger charge is 2.48. The minimum absolute atomic E-state index is 0.0205. The van der Waals surface area contributed by atoms with Crippen LogP contribution < -0.4 is 16.0 Å². The fraction of sp³-hybridized carbons (Fsp3) is 0.500. The molecule has 1 N–H and O–H groups in total. The summed E-state index contributed by atoms with van der Waals surface area (Å²) in [6, 6.07) is 10.4. The molecule has 0 bridgehead atoms. The summed E-state index contributed by atoms with van der Waals surface area (Å²) >= 11 is 7.52. The summed E-state index contributed by atoms with van der Waals surface area (Å²) in [5.74, 6) is 0.564. The Hall–Kier alpha value is -1.54. The van der Waals surface area contributed by atoms with Gasteiger partial charge in [-0.2, -0.15) is 0 Å². The zero-order chi connectivity index (χ0) is 24.4. The van der Waals surface area contributed by atoms with Gasteiger partial charge in [0, 0.05) is 24.5 Å². The minimum Gasteiger partial charge on any atom is -0.449 e. The van der Waals surface area contributed by atoms with Gasteiger partial charge in [-0.05, 0) is 30.3 Å². The molecule has 1 saturated heterocycles. The van der Waals surface area contributed by atoms with Gasteiger partial charge in [0.25, 0.3) is 5.56 Å². The number of thiocarbonyl (C=S) groups is 1. The van der Waals surface area contributed by atoms with Crippen LogP contribution in [0.3, 0.4) is 0 Å². The van der Waals surface area contributed by atoms with Gasteiger partial charge >= 0.3 is 10.9 Å². The van der Waals surface area contributed by atoms with Crippen LogP contribution in [0.1, 0.15) is 27.0 Å². The molecule has 2 heterocycles. The van der Waals surface area contributed by atoms with Crippen molar-refractivity contribution in [3.05, 3.63) is 63.4 Å². The molecule has 11 heteroatoms. The molecule has 3 rings (SSSR count). The molecule has 0 unspecified atom stereocenters. The maximum Gasteiger partial charge on any atom is 0.358 e. The third-order valence-electron chi connectivity index (χ3n) is 5.98. The van der Waals surface area contributed by atoms with Crippen molar-refractivity contribution in [1.29, 1.82) is 0 Å². The molecular weight excluding hydrogens is 575 g/mol. The molecule has 8 nitrogen and oxygen atoms in total. The van der Waals surface area contributed by atoms with Crippen LogP contribution in [0.4, 0.5) is 0 Å². The summed E-state index contributed by atoms with van der Waals surface area (Å²) in [4.78, 5) is 26.2.